The standard InChI is InChI=1S/C20H30N4O3/c1-5-23(3)13(2)18(25)21-11-14-10-16-17(22-19(14)27-4)12-24(20(16)26)15-8-6-7-9-15/h10,13,15H,5-9,11-12H2,1-4H3,(H,21,25)/t13-/m0/s1. The second kappa shape index (κ2) is 8.25. The van der Waals surface area contributed by atoms with Crippen LogP contribution in [0.4, 0.5) is 0 Å². The number of rotatable bonds is 7. The average Bonchev–Trinajstić information content (AvgIpc) is 3.32. The first-order valence-corrected chi connectivity index (χ1v) is 9.82. The van der Waals surface area contributed by atoms with Crippen molar-refractivity contribution < 1.29 is 14.3 Å². The zero-order valence-corrected chi connectivity index (χ0v) is 16.7. The van der Waals surface area contributed by atoms with Gasteiger partial charge >= 0.3 is 0 Å². The van der Waals surface area contributed by atoms with E-state index in [0.29, 0.717) is 30.6 Å². The largest absolute Gasteiger partial charge is 0.481 e. The molecule has 1 atom stereocenters. The predicted molar refractivity (Wildman–Crippen MR) is 103 cm³/mol. The minimum Gasteiger partial charge on any atom is -0.481 e. The van der Waals surface area contributed by atoms with Gasteiger partial charge in [-0.25, -0.2) is 4.98 Å². The number of fused-ring (bicyclic) bond motifs is 1. The molecule has 7 heteroatoms. The van der Waals surface area contributed by atoms with Crippen LogP contribution in [0.15, 0.2) is 6.07 Å². The molecule has 0 spiro atoms. The smallest absolute Gasteiger partial charge is 0.256 e. The molecule has 0 saturated heterocycles. The van der Waals surface area contributed by atoms with Crippen molar-refractivity contribution >= 4 is 11.8 Å². The Balaban J connectivity index is 1.74. The number of carbonyl (C=O) groups is 2. The Morgan fingerprint density at radius 3 is 2.78 bits per heavy atom. The number of nitrogens with zero attached hydrogens (tertiary/aromatic N) is 3. The van der Waals surface area contributed by atoms with Gasteiger partial charge in [0, 0.05) is 18.2 Å². The van der Waals surface area contributed by atoms with Gasteiger partial charge in [0.25, 0.3) is 5.91 Å². The summed E-state index contributed by atoms with van der Waals surface area (Å²) in [4.78, 5) is 33.7. The molecule has 3 rings (SSSR count). The number of nitrogens with one attached hydrogen (secondary N) is 1. The number of pyridine rings is 1. The molecule has 0 aromatic carbocycles. The van der Waals surface area contributed by atoms with E-state index in [4.69, 9.17) is 4.74 Å². The van der Waals surface area contributed by atoms with E-state index in [9.17, 15) is 9.59 Å². The number of likely N-dealkylation sites (N-methyl/N-ethyl adjacent to an activating group) is 1. The van der Waals surface area contributed by atoms with E-state index in [-0.39, 0.29) is 17.9 Å². The lowest BCUT2D eigenvalue weighted by molar-refractivity contribution is -0.125. The van der Waals surface area contributed by atoms with Crippen molar-refractivity contribution in [3.05, 3.63) is 22.9 Å². The fourth-order valence-electron chi connectivity index (χ4n) is 3.89. The minimum atomic E-state index is -0.220. The summed E-state index contributed by atoms with van der Waals surface area (Å²) in [5.74, 6) is 0.478. The molecular weight excluding hydrogens is 344 g/mol. The second-order valence-electron chi connectivity index (χ2n) is 7.49. The van der Waals surface area contributed by atoms with Crippen molar-refractivity contribution in [3.63, 3.8) is 0 Å². The van der Waals surface area contributed by atoms with Crippen molar-refractivity contribution in [2.45, 2.75) is 64.7 Å². The van der Waals surface area contributed by atoms with Crippen molar-refractivity contribution in [3.8, 4) is 5.88 Å². The number of carbonyl (C=O) groups excluding carboxylic acids is 2. The van der Waals surface area contributed by atoms with Crippen LogP contribution in [-0.4, -0.2) is 59.4 Å². The lowest BCUT2D eigenvalue weighted by atomic mass is 10.1. The van der Waals surface area contributed by atoms with E-state index in [0.717, 1.165) is 30.6 Å². The summed E-state index contributed by atoms with van der Waals surface area (Å²) in [6.45, 7) is 5.53. The van der Waals surface area contributed by atoms with Gasteiger partial charge in [0.15, 0.2) is 0 Å². The van der Waals surface area contributed by atoms with Crippen LogP contribution in [0, 0.1) is 0 Å². The molecule has 1 aliphatic carbocycles. The molecule has 0 unspecified atom stereocenters. The lowest BCUT2D eigenvalue weighted by Gasteiger charge is -2.22. The van der Waals surface area contributed by atoms with E-state index in [1.165, 1.54) is 12.8 Å². The van der Waals surface area contributed by atoms with Gasteiger partial charge in [0.05, 0.1) is 31.0 Å². The number of methoxy groups -OCH3 is 1. The van der Waals surface area contributed by atoms with Gasteiger partial charge in [-0.05, 0) is 39.4 Å². The fraction of sp³-hybridized carbons (Fsp3) is 0.650. The number of hydrogen-bond acceptors (Lipinski definition) is 5. The van der Waals surface area contributed by atoms with Crippen LogP contribution >= 0.6 is 0 Å². The van der Waals surface area contributed by atoms with E-state index in [1.54, 1.807) is 7.11 Å². The fourth-order valence-corrected chi connectivity index (χ4v) is 3.89. The molecule has 1 fully saturated rings. The van der Waals surface area contributed by atoms with Gasteiger partial charge < -0.3 is 15.0 Å². The summed E-state index contributed by atoms with van der Waals surface area (Å²) in [6, 6.07) is 1.95. The molecule has 1 aromatic rings. The van der Waals surface area contributed by atoms with Gasteiger partial charge in [-0.15, -0.1) is 0 Å². The Bertz CT molecular complexity index is 715. The van der Waals surface area contributed by atoms with Crippen molar-refractivity contribution in [2.75, 3.05) is 20.7 Å². The first kappa shape index (κ1) is 19.6. The van der Waals surface area contributed by atoms with E-state index < -0.39 is 0 Å². The highest BCUT2D eigenvalue weighted by Crippen LogP contribution is 2.33. The topological polar surface area (TPSA) is 74.8 Å². The summed E-state index contributed by atoms with van der Waals surface area (Å²) < 4.78 is 5.43. The third kappa shape index (κ3) is 3.93. The van der Waals surface area contributed by atoms with Crippen molar-refractivity contribution in [1.82, 2.24) is 20.1 Å². The van der Waals surface area contributed by atoms with E-state index >= 15 is 0 Å². The quantitative estimate of drug-likeness (QED) is 0.790. The average molecular weight is 374 g/mol. The normalized spacial score (nSPS) is 18.1. The maximum Gasteiger partial charge on any atom is 0.256 e. The highest BCUT2D eigenvalue weighted by atomic mass is 16.5. The third-order valence-electron chi connectivity index (χ3n) is 5.90. The maximum absolute atomic E-state index is 12.9. The Hall–Kier alpha value is -2.15. The van der Waals surface area contributed by atoms with Crippen LogP contribution in [-0.2, 0) is 17.9 Å². The van der Waals surface area contributed by atoms with Gasteiger partial charge in [-0.2, -0.15) is 0 Å². The summed E-state index contributed by atoms with van der Waals surface area (Å²) in [5, 5.41) is 2.94. The summed E-state index contributed by atoms with van der Waals surface area (Å²) in [5.41, 5.74) is 2.15. The molecule has 27 heavy (non-hydrogen) atoms. The summed E-state index contributed by atoms with van der Waals surface area (Å²) in [7, 11) is 3.48. The van der Waals surface area contributed by atoms with Crippen LogP contribution < -0.4 is 10.1 Å². The second-order valence-corrected chi connectivity index (χ2v) is 7.49. The zero-order valence-electron chi connectivity index (χ0n) is 16.7. The van der Waals surface area contributed by atoms with E-state index in [2.05, 4.69) is 10.3 Å². The van der Waals surface area contributed by atoms with Crippen LogP contribution in [0.5, 0.6) is 5.88 Å². The summed E-state index contributed by atoms with van der Waals surface area (Å²) >= 11 is 0. The van der Waals surface area contributed by atoms with Crippen molar-refractivity contribution in [2.24, 2.45) is 0 Å². The number of hydrogen-bond donors (Lipinski definition) is 1. The predicted octanol–water partition coefficient (Wildman–Crippen LogP) is 1.94. The molecule has 1 aromatic heterocycles. The number of aromatic nitrogens is 1. The van der Waals surface area contributed by atoms with E-state index in [1.807, 2.05) is 36.8 Å². The maximum atomic E-state index is 12.9. The molecule has 2 aliphatic rings. The molecule has 7 nitrogen and oxygen atoms in total. The molecule has 2 heterocycles. The third-order valence-corrected chi connectivity index (χ3v) is 5.90. The number of amides is 2. The molecule has 0 bridgehead atoms. The lowest BCUT2D eigenvalue weighted by Crippen LogP contribution is -2.42. The Kier molecular flexibility index (Phi) is 5.99. The molecule has 1 N–H and O–H groups in total. The first-order valence-electron chi connectivity index (χ1n) is 9.82. The van der Waals surface area contributed by atoms with Gasteiger partial charge in [-0.3, -0.25) is 14.5 Å². The van der Waals surface area contributed by atoms with Crippen LogP contribution in [0.1, 0.15) is 61.1 Å². The molecule has 1 aliphatic heterocycles. The SMILES string of the molecule is CCN(C)[C@@H](C)C(=O)NCc1cc2c(nc1OC)CN(C1CCCC1)C2=O. The first-order chi connectivity index (χ1) is 13.0. The Morgan fingerprint density at radius 1 is 1.44 bits per heavy atom. The Labute approximate surface area is 161 Å². The Morgan fingerprint density at radius 2 is 2.15 bits per heavy atom. The highest BCUT2D eigenvalue weighted by Gasteiger charge is 2.36. The highest BCUT2D eigenvalue weighted by molar-refractivity contribution is 5.98. The van der Waals surface area contributed by atoms with Crippen LogP contribution in [0.3, 0.4) is 0 Å². The van der Waals surface area contributed by atoms with Gasteiger partial charge in [0.1, 0.15) is 0 Å². The van der Waals surface area contributed by atoms with Crippen molar-refractivity contribution in [1.29, 1.82) is 0 Å². The molecular formula is C20H30N4O3. The molecule has 1 saturated carbocycles. The number of ether oxygens (including phenoxy) is 1. The van der Waals surface area contributed by atoms with Crippen LogP contribution in [0.2, 0.25) is 0 Å². The molecule has 2 amide bonds. The zero-order chi connectivity index (χ0) is 19.6. The van der Waals surface area contributed by atoms with Gasteiger partial charge in [0.2, 0.25) is 11.8 Å². The molecule has 0 radical (unpaired) electrons. The van der Waals surface area contributed by atoms with Gasteiger partial charge in [-0.1, -0.05) is 19.8 Å². The van der Waals surface area contributed by atoms with Crippen LogP contribution in [0.25, 0.3) is 0 Å². The monoisotopic (exact) mass is 374 g/mol. The molecule has 148 valence electrons. The summed E-state index contributed by atoms with van der Waals surface area (Å²) in [6.07, 6.45) is 4.51. The minimum absolute atomic E-state index is 0.0544.